The highest BCUT2D eigenvalue weighted by molar-refractivity contribution is 4.93. The Bertz CT molecular complexity index is 229. The van der Waals surface area contributed by atoms with Crippen LogP contribution in [0.15, 0.2) is 0 Å². The van der Waals surface area contributed by atoms with E-state index in [9.17, 15) is 0 Å². The summed E-state index contributed by atoms with van der Waals surface area (Å²) >= 11 is 0. The Morgan fingerprint density at radius 2 is 2.11 bits per heavy atom. The van der Waals surface area contributed by atoms with Crippen LogP contribution in [0, 0.1) is 5.92 Å². The summed E-state index contributed by atoms with van der Waals surface area (Å²) in [6.45, 7) is 11.6. The number of hydrogen-bond donors (Lipinski definition) is 1. The lowest BCUT2D eigenvalue weighted by Gasteiger charge is -2.42. The Kier molecular flexibility index (Phi) is 6.65. The molecule has 0 aromatic heterocycles. The maximum atomic E-state index is 6.67. The van der Waals surface area contributed by atoms with Crippen LogP contribution in [-0.2, 0) is 0 Å². The van der Waals surface area contributed by atoms with E-state index in [0.717, 1.165) is 12.5 Å². The molecule has 1 rings (SSSR count). The molecule has 0 aromatic carbocycles. The average molecular weight is 254 g/mol. The zero-order chi connectivity index (χ0) is 13.6. The molecule has 0 saturated heterocycles. The lowest BCUT2D eigenvalue weighted by molar-refractivity contribution is 0.117. The van der Waals surface area contributed by atoms with Crippen molar-refractivity contribution in [3.63, 3.8) is 0 Å². The zero-order valence-corrected chi connectivity index (χ0v) is 13.0. The fourth-order valence-electron chi connectivity index (χ4n) is 3.32. The van der Waals surface area contributed by atoms with E-state index in [1.54, 1.807) is 0 Å². The van der Waals surface area contributed by atoms with Gasteiger partial charge in [0.05, 0.1) is 0 Å². The minimum absolute atomic E-state index is 0.0782. The van der Waals surface area contributed by atoms with Gasteiger partial charge >= 0.3 is 0 Å². The predicted octanol–water partition coefficient (Wildman–Crippen LogP) is 3.79. The van der Waals surface area contributed by atoms with Gasteiger partial charge in [0.25, 0.3) is 0 Å². The van der Waals surface area contributed by atoms with E-state index in [1.807, 2.05) is 0 Å². The molecule has 0 bridgehead atoms. The van der Waals surface area contributed by atoms with E-state index in [1.165, 1.54) is 51.5 Å². The molecule has 1 saturated carbocycles. The number of nitrogens with zero attached hydrogens (tertiary/aromatic N) is 1. The molecule has 1 fully saturated rings. The van der Waals surface area contributed by atoms with Gasteiger partial charge in [0.1, 0.15) is 0 Å². The van der Waals surface area contributed by atoms with Crippen LogP contribution >= 0.6 is 0 Å². The lowest BCUT2D eigenvalue weighted by atomic mass is 9.76. The van der Waals surface area contributed by atoms with Crippen molar-refractivity contribution in [2.45, 2.75) is 84.2 Å². The van der Waals surface area contributed by atoms with Crippen molar-refractivity contribution in [1.29, 1.82) is 0 Å². The fourth-order valence-corrected chi connectivity index (χ4v) is 3.32. The van der Waals surface area contributed by atoms with Crippen molar-refractivity contribution in [3.05, 3.63) is 0 Å². The Labute approximate surface area is 114 Å². The van der Waals surface area contributed by atoms with Gasteiger partial charge in [0.2, 0.25) is 0 Å². The van der Waals surface area contributed by atoms with Gasteiger partial charge < -0.3 is 5.73 Å². The SMILES string of the molecule is CCCCN(CC1(N)CCCC(C)C1)C(C)CC. The first-order chi connectivity index (χ1) is 8.50. The normalized spacial score (nSPS) is 30.7. The van der Waals surface area contributed by atoms with Crippen molar-refractivity contribution in [2.75, 3.05) is 13.1 Å². The van der Waals surface area contributed by atoms with Crippen molar-refractivity contribution >= 4 is 0 Å². The molecule has 0 aromatic rings. The second-order valence-electron chi connectivity index (χ2n) is 6.65. The summed E-state index contributed by atoms with van der Waals surface area (Å²) in [4.78, 5) is 2.64. The van der Waals surface area contributed by atoms with E-state index in [-0.39, 0.29) is 5.54 Å². The zero-order valence-electron chi connectivity index (χ0n) is 13.0. The predicted molar refractivity (Wildman–Crippen MR) is 80.8 cm³/mol. The highest BCUT2D eigenvalue weighted by atomic mass is 15.2. The average Bonchev–Trinajstić information content (AvgIpc) is 2.33. The number of unbranched alkanes of at least 4 members (excludes halogenated alkanes) is 1. The van der Waals surface area contributed by atoms with Crippen LogP contribution in [0.1, 0.15) is 72.6 Å². The third-order valence-corrected chi connectivity index (χ3v) is 4.66. The largest absolute Gasteiger partial charge is 0.324 e. The Morgan fingerprint density at radius 1 is 1.39 bits per heavy atom. The van der Waals surface area contributed by atoms with E-state index >= 15 is 0 Å². The van der Waals surface area contributed by atoms with Gasteiger partial charge in [-0.05, 0) is 45.1 Å². The quantitative estimate of drug-likeness (QED) is 0.749. The van der Waals surface area contributed by atoms with Crippen LogP contribution in [0.5, 0.6) is 0 Å². The first-order valence-electron chi connectivity index (χ1n) is 8.03. The van der Waals surface area contributed by atoms with E-state index in [4.69, 9.17) is 5.73 Å². The maximum absolute atomic E-state index is 6.67. The summed E-state index contributed by atoms with van der Waals surface area (Å²) in [6.07, 6.45) is 8.94. The molecule has 18 heavy (non-hydrogen) atoms. The van der Waals surface area contributed by atoms with Crippen LogP contribution in [0.4, 0.5) is 0 Å². The first-order valence-corrected chi connectivity index (χ1v) is 8.03. The van der Waals surface area contributed by atoms with Crippen molar-refractivity contribution < 1.29 is 0 Å². The minimum atomic E-state index is 0.0782. The van der Waals surface area contributed by atoms with Crippen LogP contribution in [0.2, 0.25) is 0 Å². The highest BCUT2D eigenvalue weighted by Gasteiger charge is 2.33. The molecule has 0 radical (unpaired) electrons. The third-order valence-electron chi connectivity index (χ3n) is 4.66. The van der Waals surface area contributed by atoms with Gasteiger partial charge in [-0.2, -0.15) is 0 Å². The van der Waals surface area contributed by atoms with Crippen molar-refractivity contribution in [2.24, 2.45) is 11.7 Å². The molecule has 108 valence electrons. The van der Waals surface area contributed by atoms with Gasteiger partial charge in [0.15, 0.2) is 0 Å². The molecular weight excluding hydrogens is 220 g/mol. The van der Waals surface area contributed by atoms with E-state index in [2.05, 4.69) is 32.6 Å². The molecule has 2 nitrogen and oxygen atoms in total. The molecule has 3 unspecified atom stereocenters. The Hall–Kier alpha value is -0.0800. The molecule has 0 amide bonds. The van der Waals surface area contributed by atoms with Gasteiger partial charge in [-0.3, -0.25) is 4.90 Å². The summed E-state index contributed by atoms with van der Waals surface area (Å²) in [5.41, 5.74) is 6.75. The molecular formula is C16H34N2. The maximum Gasteiger partial charge on any atom is 0.0286 e. The standard InChI is InChI=1S/C16H34N2/c1-5-7-11-18(15(4)6-2)13-16(17)10-8-9-14(3)12-16/h14-15H,5-13,17H2,1-4H3. The second-order valence-corrected chi connectivity index (χ2v) is 6.65. The Balaban J connectivity index is 2.57. The summed E-state index contributed by atoms with van der Waals surface area (Å²) in [5, 5.41) is 0. The van der Waals surface area contributed by atoms with Crippen molar-refractivity contribution in [1.82, 2.24) is 4.90 Å². The third kappa shape index (κ3) is 4.89. The number of nitrogens with two attached hydrogens (primary N) is 1. The van der Waals surface area contributed by atoms with Crippen LogP contribution < -0.4 is 5.73 Å². The first kappa shape index (κ1) is 16.0. The topological polar surface area (TPSA) is 29.3 Å². The molecule has 1 aliphatic carbocycles. The van der Waals surface area contributed by atoms with Crippen LogP contribution in [0.25, 0.3) is 0 Å². The van der Waals surface area contributed by atoms with E-state index < -0.39 is 0 Å². The molecule has 3 atom stereocenters. The van der Waals surface area contributed by atoms with Gasteiger partial charge in [-0.15, -0.1) is 0 Å². The van der Waals surface area contributed by atoms with Crippen LogP contribution in [0.3, 0.4) is 0 Å². The van der Waals surface area contributed by atoms with Crippen LogP contribution in [-0.4, -0.2) is 29.6 Å². The minimum Gasteiger partial charge on any atom is -0.324 e. The number of hydrogen-bond acceptors (Lipinski definition) is 2. The summed E-state index contributed by atoms with van der Waals surface area (Å²) in [5.74, 6) is 0.814. The van der Waals surface area contributed by atoms with Crippen molar-refractivity contribution in [3.8, 4) is 0 Å². The fraction of sp³-hybridized carbons (Fsp3) is 1.00. The highest BCUT2D eigenvalue weighted by Crippen LogP contribution is 2.31. The summed E-state index contributed by atoms with van der Waals surface area (Å²) in [7, 11) is 0. The molecule has 0 spiro atoms. The van der Waals surface area contributed by atoms with Gasteiger partial charge in [0, 0.05) is 18.1 Å². The lowest BCUT2D eigenvalue weighted by Crippen LogP contribution is -2.54. The molecule has 0 aliphatic heterocycles. The van der Waals surface area contributed by atoms with Gasteiger partial charge in [-0.1, -0.05) is 40.0 Å². The molecule has 2 N–H and O–H groups in total. The summed E-state index contributed by atoms with van der Waals surface area (Å²) in [6, 6.07) is 0.675. The summed E-state index contributed by atoms with van der Waals surface area (Å²) < 4.78 is 0. The Morgan fingerprint density at radius 3 is 2.67 bits per heavy atom. The number of rotatable bonds is 7. The molecule has 1 aliphatic rings. The molecule has 0 heterocycles. The van der Waals surface area contributed by atoms with Gasteiger partial charge in [-0.25, -0.2) is 0 Å². The smallest absolute Gasteiger partial charge is 0.0286 e. The monoisotopic (exact) mass is 254 g/mol. The van der Waals surface area contributed by atoms with E-state index in [0.29, 0.717) is 6.04 Å². The second kappa shape index (κ2) is 7.49. The molecule has 2 heteroatoms.